The molecule has 38 heavy (non-hydrogen) atoms. The molecule has 4 rings (SSSR count). The Kier molecular flexibility index (Phi) is 14.1. The van der Waals surface area contributed by atoms with Gasteiger partial charge in [0.05, 0.1) is 11.8 Å². The van der Waals surface area contributed by atoms with Gasteiger partial charge in [0.25, 0.3) is 0 Å². The summed E-state index contributed by atoms with van der Waals surface area (Å²) in [5.41, 5.74) is 8.33. The molecular weight excluding hydrogens is 514 g/mol. The van der Waals surface area contributed by atoms with Crippen LogP contribution >= 0.6 is 0 Å². The summed E-state index contributed by atoms with van der Waals surface area (Å²) in [5.74, 6) is -2.31. The fraction of sp³-hybridized carbons (Fsp3) is 0.500. The molecule has 0 aromatic carbocycles. The maximum atomic E-state index is 12.1. The number of ketones is 4. The third-order valence-electron chi connectivity index (χ3n) is 6.78. The third-order valence-corrected chi connectivity index (χ3v) is 6.78. The number of nitrogens with two attached hydrogens (primary N) is 2. The molecule has 196 valence electrons. The molecule has 0 spiro atoms. The van der Waals surface area contributed by atoms with Gasteiger partial charge in [0.2, 0.25) is 0 Å². The molecule has 4 aliphatic rings. The second-order valence-corrected chi connectivity index (χ2v) is 8.86. The molecule has 2 amide bonds. The van der Waals surface area contributed by atoms with Gasteiger partial charge in [-0.2, -0.15) is 0 Å². The maximum absolute atomic E-state index is 12.1. The molecule has 12 nitrogen and oxygen atoms in total. The van der Waals surface area contributed by atoms with Crippen LogP contribution in [0.25, 0.3) is 0 Å². The van der Waals surface area contributed by atoms with E-state index < -0.39 is 34.5 Å². The molecule has 2 fully saturated rings. The van der Waals surface area contributed by atoms with Gasteiger partial charge in [0.1, 0.15) is 11.1 Å². The summed E-state index contributed by atoms with van der Waals surface area (Å²) >= 11 is 0. The molecule has 0 unspecified atom stereocenters. The minimum absolute atomic E-state index is 0. The third kappa shape index (κ3) is 6.87. The van der Waals surface area contributed by atoms with Gasteiger partial charge in [0.15, 0.2) is 23.1 Å². The van der Waals surface area contributed by atoms with Crippen LogP contribution in [-0.4, -0.2) is 95.1 Å². The molecule has 0 atom stereocenters. The van der Waals surface area contributed by atoms with E-state index in [0.717, 1.165) is 56.3 Å². The van der Waals surface area contributed by atoms with Crippen LogP contribution < -0.4 is 81.2 Å². The Hall–Kier alpha value is -1.32. The minimum Gasteiger partial charge on any atom is -0.506 e. The van der Waals surface area contributed by atoms with E-state index in [1.807, 2.05) is 4.90 Å². The summed E-state index contributed by atoms with van der Waals surface area (Å²) in [7, 11) is 0. The Morgan fingerprint density at radius 3 is 1.68 bits per heavy atom. The second-order valence-electron chi connectivity index (χ2n) is 8.86. The van der Waals surface area contributed by atoms with Crippen molar-refractivity contribution in [1.29, 1.82) is 0 Å². The van der Waals surface area contributed by atoms with Gasteiger partial charge in [-0.25, -0.2) is 13.1 Å². The van der Waals surface area contributed by atoms with E-state index in [-0.39, 0.29) is 83.6 Å². The summed E-state index contributed by atoms with van der Waals surface area (Å²) in [4.78, 5) is 74.4. The average molecular weight is 547 g/mol. The monoisotopic (exact) mass is 546 g/mol. The summed E-state index contributed by atoms with van der Waals surface area (Å²) < 4.78 is 0. The largest absolute Gasteiger partial charge is 1.00 e. The normalized spacial score (nSPS) is 21.6. The molecule has 0 bridgehead atoms. The van der Waals surface area contributed by atoms with Crippen molar-refractivity contribution < 1.29 is 87.9 Å². The molecule has 0 radical (unpaired) electrons. The van der Waals surface area contributed by atoms with Gasteiger partial charge in [-0.1, -0.05) is 0 Å². The van der Waals surface area contributed by atoms with Crippen LogP contribution in [0, 0.1) is 13.1 Å². The number of hydrogen-bond donors (Lipinski definition) is 4. The van der Waals surface area contributed by atoms with Crippen molar-refractivity contribution in [2.24, 2.45) is 11.5 Å². The van der Waals surface area contributed by atoms with Crippen LogP contribution in [0.2, 0.25) is 0 Å². The van der Waals surface area contributed by atoms with Gasteiger partial charge in [-0.3, -0.25) is 24.1 Å². The molecule has 2 saturated heterocycles. The summed E-state index contributed by atoms with van der Waals surface area (Å²) in [6, 6.07) is 0. The van der Waals surface area contributed by atoms with Crippen LogP contribution in [0.1, 0.15) is 25.7 Å². The Balaban J connectivity index is 0.000000363. The van der Waals surface area contributed by atoms with Crippen molar-refractivity contribution in [2.75, 3.05) is 39.3 Å². The molecule has 0 aromatic heterocycles. The van der Waals surface area contributed by atoms with E-state index in [0.29, 0.717) is 25.8 Å². The number of nitrogens with one attached hydrogen (secondary N) is 2. The van der Waals surface area contributed by atoms with E-state index >= 15 is 0 Å². The first kappa shape index (κ1) is 34.7. The van der Waals surface area contributed by atoms with Crippen molar-refractivity contribution in [3.05, 3.63) is 37.4 Å². The quantitative estimate of drug-likeness (QED) is 0.129. The smallest absolute Gasteiger partial charge is 0.506 e. The zero-order valence-electron chi connectivity index (χ0n) is 22.0. The SMILES string of the molecule is NCCCC1(N2CCNCC2)C(=O)C=CC1=O.NCCCC1(N2[CH-]C(=O)N[CH-]C2=O)C(=O)C=CC1=O.[Na+].[Na+]. The molecular formula is C24H32N6Na2O6. The first-order chi connectivity index (χ1) is 17.2. The average Bonchev–Trinajstić information content (AvgIpc) is 3.34. The first-order valence-corrected chi connectivity index (χ1v) is 12.0. The number of carbonyl (C=O) groups is 6. The molecule has 2 aliphatic carbocycles. The van der Waals surface area contributed by atoms with Crippen molar-refractivity contribution in [3.63, 3.8) is 0 Å². The van der Waals surface area contributed by atoms with Crippen molar-refractivity contribution in [1.82, 2.24) is 20.4 Å². The zero-order chi connectivity index (χ0) is 26.3. The number of hydrogen-bond acceptors (Lipinski definition) is 10. The van der Waals surface area contributed by atoms with Gasteiger partial charge in [-0.05, 0) is 63.1 Å². The Labute approximate surface area is 266 Å². The fourth-order valence-corrected chi connectivity index (χ4v) is 4.90. The Morgan fingerprint density at radius 1 is 0.763 bits per heavy atom. The minimum atomic E-state index is -1.65. The predicted octanol–water partition coefficient (Wildman–Crippen LogP) is -8.46. The molecule has 2 aliphatic heterocycles. The number of nitrogens with zero attached hydrogens (tertiary/aromatic N) is 2. The molecule has 6 N–H and O–H groups in total. The van der Waals surface area contributed by atoms with Crippen molar-refractivity contribution in [3.8, 4) is 0 Å². The number of rotatable bonds is 8. The summed E-state index contributed by atoms with van der Waals surface area (Å²) in [6.45, 7) is 5.80. The zero-order valence-corrected chi connectivity index (χ0v) is 26.0. The standard InChI is InChI=1S/C12H13N3O4.C12H19N3O2.2Na/c13-5-1-4-12(8(16)2-3-9(12)17)15-7-10(18)14-6-11(15)19;13-5-1-4-12(10(16)2-3-11(12)17)15-8-6-14-7-9-15;;/h2-3,6-7H,1,4-5,13H2,(H,14,18);2-3,14H,1,4-9,13H2;;/q-2;;2*+1. The van der Waals surface area contributed by atoms with E-state index in [1.165, 1.54) is 12.2 Å². The Morgan fingerprint density at radius 2 is 1.21 bits per heavy atom. The maximum Gasteiger partial charge on any atom is 1.00 e. The molecule has 0 saturated carbocycles. The fourth-order valence-electron chi connectivity index (χ4n) is 4.90. The van der Waals surface area contributed by atoms with E-state index in [4.69, 9.17) is 11.5 Å². The topological polar surface area (TPSA) is 185 Å². The van der Waals surface area contributed by atoms with Gasteiger partial charge in [-0.15, -0.1) is 0 Å². The van der Waals surface area contributed by atoms with Gasteiger partial charge in [0, 0.05) is 26.2 Å². The van der Waals surface area contributed by atoms with Crippen molar-refractivity contribution >= 4 is 34.9 Å². The van der Waals surface area contributed by atoms with E-state index in [1.54, 1.807) is 0 Å². The van der Waals surface area contributed by atoms with Gasteiger partial charge < -0.3 is 36.6 Å². The van der Waals surface area contributed by atoms with Crippen LogP contribution in [0.3, 0.4) is 0 Å². The number of carbonyl (C=O) groups excluding carboxylic acids is 6. The van der Waals surface area contributed by atoms with Crippen LogP contribution in [0.5, 0.6) is 0 Å². The van der Waals surface area contributed by atoms with E-state index in [9.17, 15) is 28.8 Å². The van der Waals surface area contributed by atoms with Gasteiger partial charge >= 0.3 is 59.1 Å². The molecule has 2 heterocycles. The summed E-state index contributed by atoms with van der Waals surface area (Å²) in [5, 5.41) is 5.44. The van der Waals surface area contributed by atoms with Crippen molar-refractivity contribution in [2.45, 2.75) is 36.8 Å². The van der Waals surface area contributed by atoms with Crippen LogP contribution in [-0.2, 0) is 28.8 Å². The number of piperazine rings is 2. The number of amides is 2. The van der Waals surface area contributed by atoms with E-state index in [2.05, 4.69) is 10.6 Å². The first-order valence-electron chi connectivity index (χ1n) is 12.0. The molecule has 14 heteroatoms. The van der Waals surface area contributed by atoms with Crippen LogP contribution in [0.15, 0.2) is 24.3 Å². The van der Waals surface area contributed by atoms with Crippen LogP contribution in [0.4, 0.5) is 0 Å². The Bertz CT molecular complexity index is 959. The predicted molar refractivity (Wildman–Crippen MR) is 128 cm³/mol. The molecule has 0 aromatic rings. The second kappa shape index (κ2) is 15.5. The summed E-state index contributed by atoms with van der Waals surface area (Å²) in [6.07, 6.45) is 6.81.